The molecule has 0 fully saturated rings. The average molecular weight is 573 g/mol. The van der Waals surface area contributed by atoms with Crippen LogP contribution in [-0.2, 0) is 0 Å². The van der Waals surface area contributed by atoms with Crippen molar-refractivity contribution < 1.29 is 0 Å². The molecule has 0 N–H and O–H groups in total. The Kier molecular flexibility index (Phi) is 7.45. The number of anilines is 3. The molecule has 0 amide bonds. The van der Waals surface area contributed by atoms with Gasteiger partial charge in [0.05, 0.1) is 58.2 Å². The van der Waals surface area contributed by atoms with Gasteiger partial charge in [0.25, 0.3) is 0 Å². The lowest BCUT2D eigenvalue weighted by molar-refractivity contribution is 1.27. The quantitative estimate of drug-likeness (QED) is 0.203. The van der Waals surface area contributed by atoms with Gasteiger partial charge in [0.2, 0.25) is 0 Å². The van der Waals surface area contributed by atoms with Crippen molar-refractivity contribution >= 4 is 27.8 Å². The van der Waals surface area contributed by atoms with E-state index in [1.54, 1.807) is 36.4 Å². The summed E-state index contributed by atoms with van der Waals surface area (Å²) < 4.78 is 0. The Morgan fingerprint density at radius 1 is 0.378 bits per heavy atom. The highest BCUT2D eigenvalue weighted by Gasteiger charge is 2.16. The summed E-state index contributed by atoms with van der Waals surface area (Å²) in [5.41, 5.74) is 7.96. The molecule has 0 saturated carbocycles. The summed E-state index contributed by atoms with van der Waals surface area (Å²) in [6.45, 7) is 0. The number of nitrogens with zero attached hydrogens (tertiary/aromatic N) is 6. The summed E-state index contributed by atoms with van der Waals surface area (Å²) in [7, 11) is 0. The van der Waals surface area contributed by atoms with Crippen LogP contribution in [0.1, 0.15) is 27.8 Å². The van der Waals surface area contributed by atoms with E-state index in [2.05, 4.69) is 30.3 Å². The van der Waals surface area contributed by atoms with E-state index < -0.39 is 0 Å². The molecule has 6 rings (SSSR count). The molecule has 0 aliphatic rings. The molecule has 0 spiro atoms. The number of rotatable bonds is 5. The fourth-order valence-corrected chi connectivity index (χ4v) is 5.48. The van der Waals surface area contributed by atoms with E-state index in [0.29, 0.717) is 33.5 Å². The summed E-state index contributed by atoms with van der Waals surface area (Å²) in [5.74, 6) is 0. The lowest BCUT2D eigenvalue weighted by atomic mass is 9.95. The summed E-state index contributed by atoms with van der Waals surface area (Å²) >= 11 is 0. The van der Waals surface area contributed by atoms with Gasteiger partial charge in [0.1, 0.15) is 0 Å². The Labute approximate surface area is 260 Å². The molecule has 6 aromatic rings. The van der Waals surface area contributed by atoms with Gasteiger partial charge in [-0.3, -0.25) is 0 Å². The van der Waals surface area contributed by atoms with Crippen molar-refractivity contribution in [3.63, 3.8) is 0 Å². The topological polar surface area (TPSA) is 122 Å². The lowest BCUT2D eigenvalue weighted by Gasteiger charge is -2.26. The van der Waals surface area contributed by atoms with Crippen molar-refractivity contribution in [1.82, 2.24) is 0 Å². The molecule has 45 heavy (non-hydrogen) atoms. The predicted octanol–water partition coefficient (Wildman–Crippen LogP) is 9.00. The maximum absolute atomic E-state index is 9.70. The predicted molar refractivity (Wildman–Crippen MR) is 173 cm³/mol. The number of fused-ring (bicyclic) bond motifs is 1. The molecule has 0 bridgehead atoms. The molecule has 0 aliphatic carbocycles. The van der Waals surface area contributed by atoms with Gasteiger partial charge in [-0.1, -0.05) is 54.6 Å². The first kappa shape index (κ1) is 28.0. The largest absolute Gasteiger partial charge is 0.310 e. The second-order valence-electron chi connectivity index (χ2n) is 10.3. The fourth-order valence-electron chi connectivity index (χ4n) is 5.48. The van der Waals surface area contributed by atoms with Gasteiger partial charge in [-0.25, -0.2) is 0 Å². The molecule has 206 valence electrons. The van der Waals surface area contributed by atoms with E-state index in [4.69, 9.17) is 0 Å². The highest BCUT2D eigenvalue weighted by atomic mass is 15.1. The third-order valence-corrected chi connectivity index (χ3v) is 7.57. The lowest BCUT2D eigenvalue weighted by Crippen LogP contribution is -2.10. The van der Waals surface area contributed by atoms with Crippen LogP contribution in [0, 0.1) is 56.7 Å². The van der Waals surface area contributed by atoms with Crippen LogP contribution in [0.25, 0.3) is 33.0 Å². The smallest absolute Gasteiger partial charge is 0.0998 e. The SMILES string of the molecule is N#Cc1cc(C#N)cc(-c2ccc(N(c3ccc(-c4ccc(C#N)c5ccccc45)cc3)c3cc(C#N)cc(C#N)c3)cc2)c1. The Balaban J connectivity index is 1.46. The molecule has 6 heteroatoms. The van der Waals surface area contributed by atoms with Crippen LogP contribution in [-0.4, -0.2) is 0 Å². The summed E-state index contributed by atoms with van der Waals surface area (Å²) in [4.78, 5) is 1.97. The van der Waals surface area contributed by atoms with Crippen LogP contribution in [0.4, 0.5) is 17.1 Å². The minimum Gasteiger partial charge on any atom is -0.310 e. The van der Waals surface area contributed by atoms with Crippen LogP contribution < -0.4 is 4.90 Å². The van der Waals surface area contributed by atoms with Gasteiger partial charge in [-0.2, -0.15) is 26.3 Å². The number of nitriles is 5. The molecule has 0 aliphatic heterocycles. The standard InChI is InChI=1S/C39H20N6/c40-21-26-15-27(22-41)18-33(17-26)30-5-10-34(11-6-30)45(36-19-28(23-42)16-29(20-36)24-43)35-12-7-31(8-13-35)38-14-9-32(25-44)37-3-1-2-4-39(37)38/h1-20H. The van der Waals surface area contributed by atoms with Gasteiger partial charge < -0.3 is 4.90 Å². The molecule has 6 nitrogen and oxygen atoms in total. The average Bonchev–Trinajstić information content (AvgIpc) is 3.11. The van der Waals surface area contributed by atoms with Gasteiger partial charge in [-0.05, 0) is 94.4 Å². The number of hydrogen-bond acceptors (Lipinski definition) is 6. The first-order valence-corrected chi connectivity index (χ1v) is 13.9. The number of hydrogen-bond donors (Lipinski definition) is 0. The highest BCUT2D eigenvalue weighted by molar-refractivity contribution is 6.00. The van der Waals surface area contributed by atoms with Crippen molar-refractivity contribution in [1.29, 1.82) is 26.3 Å². The zero-order valence-corrected chi connectivity index (χ0v) is 23.7. The van der Waals surface area contributed by atoms with Crippen LogP contribution in [0.3, 0.4) is 0 Å². The molecule has 0 aromatic heterocycles. The van der Waals surface area contributed by atoms with E-state index in [0.717, 1.165) is 44.4 Å². The first-order valence-electron chi connectivity index (χ1n) is 13.9. The van der Waals surface area contributed by atoms with Gasteiger partial charge in [0.15, 0.2) is 0 Å². The molecular formula is C39H20N6. The number of benzene rings is 6. The van der Waals surface area contributed by atoms with Gasteiger partial charge >= 0.3 is 0 Å². The third-order valence-electron chi connectivity index (χ3n) is 7.57. The van der Waals surface area contributed by atoms with E-state index in [9.17, 15) is 26.3 Å². The molecule has 0 heterocycles. The van der Waals surface area contributed by atoms with Crippen LogP contribution in [0.5, 0.6) is 0 Å². The minimum absolute atomic E-state index is 0.365. The molecule has 0 radical (unpaired) electrons. The maximum atomic E-state index is 9.70. The maximum Gasteiger partial charge on any atom is 0.0998 e. The van der Waals surface area contributed by atoms with Crippen molar-refractivity contribution in [2.75, 3.05) is 4.90 Å². The zero-order chi connectivity index (χ0) is 31.3. The van der Waals surface area contributed by atoms with Crippen LogP contribution >= 0.6 is 0 Å². The summed E-state index contributed by atoms with van der Waals surface area (Å²) in [5, 5.41) is 49.7. The van der Waals surface area contributed by atoms with E-state index in [-0.39, 0.29) is 0 Å². The zero-order valence-electron chi connectivity index (χ0n) is 23.7. The van der Waals surface area contributed by atoms with Crippen LogP contribution in [0.2, 0.25) is 0 Å². The Bertz CT molecular complexity index is 2250. The third kappa shape index (κ3) is 5.42. The first-order chi connectivity index (χ1) is 22.0. The summed E-state index contributed by atoms with van der Waals surface area (Å²) in [6.07, 6.45) is 0. The fraction of sp³-hybridized carbons (Fsp3) is 0. The highest BCUT2D eigenvalue weighted by Crippen LogP contribution is 2.39. The Hall–Kier alpha value is -7.17. The van der Waals surface area contributed by atoms with Crippen molar-refractivity contribution in [3.05, 3.63) is 149 Å². The van der Waals surface area contributed by atoms with E-state index >= 15 is 0 Å². The van der Waals surface area contributed by atoms with Crippen LogP contribution in [0.15, 0.2) is 121 Å². The van der Waals surface area contributed by atoms with Crippen molar-refractivity contribution in [2.24, 2.45) is 0 Å². The normalized spacial score (nSPS) is 10.1. The van der Waals surface area contributed by atoms with Crippen molar-refractivity contribution in [2.45, 2.75) is 0 Å². The monoisotopic (exact) mass is 572 g/mol. The molecule has 0 saturated heterocycles. The van der Waals surface area contributed by atoms with Crippen molar-refractivity contribution in [3.8, 4) is 52.6 Å². The second kappa shape index (κ2) is 12.0. The van der Waals surface area contributed by atoms with Gasteiger partial charge in [-0.15, -0.1) is 0 Å². The molecular weight excluding hydrogens is 552 g/mol. The Morgan fingerprint density at radius 2 is 0.867 bits per heavy atom. The van der Waals surface area contributed by atoms with Gasteiger partial charge in [0, 0.05) is 22.4 Å². The Morgan fingerprint density at radius 3 is 1.38 bits per heavy atom. The summed E-state index contributed by atoms with van der Waals surface area (Å²) in [6, 6.07) is 48.2. The minimum atomic E-state index is 0.365. The molecule has 6 aromatic carbocycles. The second-order valence-corrected chi connectivity index (χ2v) is 10.3. The van der Waals surface area contributed by atoms with E-state index in [1.165, 1.54) is 0 Å². The molecule has 0 atom stereocenters. The molecule has 0 unspecified atom stereocenters. The van der Waals surface area contributed by atoms with E-state index in [1.807, 2.05) is 89.8 Å².